The third kappa shape index (κ3) is 2.09. The van der Waals surface area contributed by atoms with Gasteiger partial charge in [0.1, 0.15) is 5.76 Å². The highest BCUT2D eigenvalue weighted by Crippen LogP contribution is 2.30. The molecule has 0 saturated heterocycles. The van der Waals surface area contributed by atoms with Crippen LogP contribution in [0.2, 0.25) is 0 Å². The average molecular weight is 295 g/mol. The van der Waals surface area contributed by atoms with E-state index in [1.807, 2.05) is 0 Å². The van der Waals surface area contributed by atoms with Gasteiger partial charge >= 0.3 is 0 Å². The summed E-state index contributed by atoms with van der Waals surface area (Å²) in [4.78, 5) is 15.6. The van der Waals surface area contributed by atoms with Crippen LogP contribution < -0.4 is 5.32 Å². The van der Waals surface area contributed by atoms with Gasteiger partial charge in [-0.05, 0) is 38.0 Å². The molecule has 0 radical (unpaired) electrons. The molecule has 1 amide bonds. The zero-order valence-corrected chi connectivity index (χ0v) is 12.6. The van der Waals surface area contributed by atoms with Crippen molar-refractivity contribution in [3.8, 4) is 0 Å². The van der Waals surface area contributed by atoms with Crippen LogP contribution in [0.25, 0.3) is 10.9 Å². The number of nitrogens with zero attached hydrogens (tertiary/aromatic N) is 1. The number of nitrogens with one attached hydrogen (secondary N) is 2. The number of aryl methyl sites for hydroxylation is 2. The van der Waals surface area contributed by atoms with Crippen LogP contribution in [0.4, 0.5) is 0 Å². The smallest absolute Gasteiger partial charge is 0.273 e. The lowest BCUT2D eigenvalue weighted by atomic mass is 10.1. The molecule has 1 unspecified atom stereocenters. The van der Waals surface area contributed by atoms with Crippen LogP contribution in [-0.2, 0) is 12.8 Å². The third-order valence-corrected chi connectivity index (χ3v) is 4.25. The number of fused-ring (bicyclic) bond motifs is 3. The van der Waals surface area contributed by atoms with Crippen LogP contribution in [0.1, 0.15) is 33.1 Å². The lowest BCUT2D eigenvalue weighted by molar-refractivity contribution is 0.0929. The van der Waals surface area contributed by atoms with Gasteiger partial charge in [0.05, 0.1) is 0 Å². The Morgan fingerprint density at radius 3 is 2.95 bits per heavy atom. The molecule has 1 aliphatic carbocycles. The second kappa shape index (κ2) is 4.73. The van der Waals surface area contributed by atoms with E-state index in [1.165, 1.54) is 27.7 Å². The van der Waals surface area contributed by atoms with Crippen molar-refractivity contribution in [3.63, 3.8) is 0 Å². The summed E-state index contributed by atoms with van der Waals surface area (Å²) in [5.74, 6) is 0.468. The maximum atomic E-state index is 12.2. The van der Waals surface area contributed by atoms with Gasteiger partial charge in [0, 0.05) is 35.1 Å². The summed E-state index contributed by atoms with van der Waals surface area (Å²) in [7, 11) is 0. The van der Waals surface area contributed by atoms with Gasteiger partial charge in [0.25, 0.3) is 5.91 Å². The number of hydrogen-bond donors (Lipinski definition) is 2. The van der Waals surface area contributed by atoms with Gasteiger partial charge in [-0.1, -0.05) is 16.8 Å². The molecule has 4 rings (SSSR count). The van der Waals surface area contributed by atoms with Crippen molar-refractivity contribution in [1.29, 1.82) is 0 Å². The number of carbonyl (C=O) groups excluding carboxylic acids is 1. The molecule has 5 heteroatoms. The number of carbonyl (C=O) groups is 1. The van der Waals surface area contributed by atoms with Crippen molar-refractivity contribution in [2.24, 2.45) is 0 Å². The lowest BCUT2D eigenvalue weighted by Crippen LogP contribution is -2.35. The number of aromatic amines is 1. The molecule has 0 bridgehead atoms. The minimum absolute atomic E-state index is 0.107. The van der Waals surface area contributed by atoms with Crippen LogP contribution in [0.3, 0.4) is 0 Å². The summed E-state index contributed by atoms with van der Waals surface area (Å²) in [6, 6.07) is 8.20. The van der Waals surface area contributed by atoms with E-state index in [0.717, 1.165) is 12.8 Å². The largest absolute Gasteiger partial charge is 0.361 e. The van der Waals surface area contributed by atoms with E-state index in [-0.39, 0.29) is 11.9 Å². The Hall–Kier alpha value is -2.56. The van der Waals surface area contributed by atoms with E-state index in [9.17, 15) is 4.79 Å². The first-order valence-corrected chi connectivity index (χ1v) is 7.44. The van der Waals surface area contributed by atoms with Crippen molar-refractivity contribution in [2.75, 3.05) is 0 Å². The molecule has 1 aliphatic rings. The van der Waals surface area contributed by atoms with Crippen LogP contribution in [-0.4, -0.2) is 22.1 Å². The molecule has 1 atom stereocenters. The average Bonchev–Trinajstić information content (AvgIpc) is 3.14. The Labute approximate surface area is 127 Å². The molecule has 22 heavy (non-hydrogen) atoms. The number of benzene rings is 1. The van der Waals surface area contributed by atoms with Crippen LogP contribution in [0.5, 0.6) is 0 Å². The van der Waals surface area contributed by atoms with Gasteiger partial charge in [0.15, 0.2) is 5.69 Å². The van der Waals surface area contributed by atoms with E-state index >= 15 is 0 Å². The molecular weight excluding hydrogens is 278 g/mol. The Morgan fingerprint density at radius 2 is 2.18 bits per heavy atom. The van der Waals surface area contributed by atoms with Crippen molar-refractivity contribution in [1.82, 2.24) is 15.5 Å². The van der Waals surface area contributed by atoms with Crippen LogP contribution in [0.15, 0.2) is 28.8 Å². The molecule has 2 aromatic heterocycles. The fraction of sp³-hybridized carbons (Fsp3) is 0.294. The maximum absolute atomic E-state index is 12.2. The summed E-state index contributed by atoms with van der Waals surface area (Å²) < 4.78 is 4.95. The van der Waals surface area contributed by atoms with Crippen LogP contribution in [0, 0.1) is 13.8 Å². The SMILES string of the molecule is Cc1ccc2[nH]c3c(c2c1)CC(NC(=O)c1cc(C)on1)C3. The first kappa shape index (κ1) is 13.1. The molecular formula is C17H17N3O2. The van der Waals surface area contributed by atoms with Crippen molar-refractivity contribution in [3.05, 3.63) is 52.5 Å². The molecule has 112 valence electrons. The van der Waals surface area contributed by atoms with E-state index < -0.39 is 0 Å². The first-order valence-electron chi connectivity index (χ1n) is 7.44. The molecule has 0 spiro atoms. The number of H-pyrrole nitrogens is 1. The minimum Gasteiger partial charge on any atom is -0.361 e. The van der Waals surface area contributed by atoms with E-state index in [2.05, 4.69) is 40.6 Å². The summed E-state index contributed by atoms with van der Waals surface area (Å²) in [6.07, 6.45) is 1.67. The van der Waals surface area contributed by atoms with E-state index in [1.54, 1.807) is 13.0 Å². The van der Waals surface area contributed by atoms with Crippen molar-refractivity contribution >= 4 is 16.8 Å². The monoisotopic (exact) mass is 295 g/mol. The van der Waals surface area contributed by atoms with E-state index in [0.29, 0.717) is 11.5 Å². The number of hydrogen-bond acceptors (Lipinski definition) is 3. The van der Waals surface area contributed by atoms with Crippen molar-refractivity contribution < 1.29 is 9.32 Å². The quantitative estimate of drug-likeness (QED) is 0.763. The Kier molecular flexibility index (Phi) is 2.82. The van der Waals surface area contributed by atoms with Gasteiger partial charge in [-0.15, -0.1) is 0 Å². The standard InChI is InChI=1S/C17H17N3O2/c1-9-3-4-14-12(5-9)13-7-11(8-15(13)19-14)18-17(21)16-6-10(2)22-20-16/h3-6,11,19H,7-8H2,1-2H3,(H,18,21). The number of rotatable bonds is 2. The molecule has 1 aromatic carbocycles. The zero-order chi connectivity index (χ0) is 15.3. The predicted octanol–water partition coefficient (Wildman–Crippen LogP) is 2.67. The van der Waals surface area contributed by atoms with Gasteiger partial charge < -0.3 is 14.8 Å². The van der Waals surface area contributed by atoms with Crippen molar-refractivity contribution in [2.45, 2.75) is 32.7 Å². The molecule has 3 aromatic rings. The Balaban J connectivity index is 1.55. The maximum Gasteiger partial charge on any atom is 0.273 e. The summed E-state index contributed by atoms with van der Waals surface area (Å²) >= 11 is 0. The number of aromatic nitrogens is 2. The highest BCUT2D eigenvalue weighted by atomic mass is 16.5. The lowest BCUT2D eigenvalue weighted by Gasteiger charge is -2.11. The topological polar surface area (TPSA) is 70.9 Å². The molecule has 5 nitrogen and oxygen atoms in total. The molecule has 0 saturated carbocycles. The fourth-order valence-electron chi connectivity index (χ4n) is 3.22. The van der Waals surface area contributed by atoms with Crippen LogP contribution >= 0.6 is 0 Å². The zero-order valence-electron chi connectivity index (χ0n) is 12.6. The molecule has 0 fully saturated rings. The second-order valence-corrected chi connectivity index (χ2v) is 6.03. The Morgan fingerprint density at radius 1 is 1.32 bits per heavy atom. The van der Waals surface area contributed by atoms with Gasteiger partial charge in [0.2, 0.25) is 0 Å². The van der Waals surface area contributed by atoms with Gasteiger partial charge in [-0.25, -0.2) is 0 Å². The molecule has 2 heterocycles. The molecule has 0 aliphatic heterocycles. The number of amides is 1. The minimum atomic E-state index is -0.174. The summed E-state index contributed by atoms with van der Waals surface area (Å²) in [5.41, 5.74) is 5.31. The van der Waals surface area contributed by atoms with Gasteiger partial charge in [-0.2, -0.15) is 0 Å². The normalized spacial score (nSPS) is 16.9. The highest BCUT2D eigenvalue weighted by Gasteiger charge is 2.27. The third-order valence-electron chi connectivity index (χ3n) is 4.25. The second-order valence-electron chi connectivity index (χ2n) is 6.03. The predicted molar refractivity (Wildman–Crippen MR) is 82.9 cm³/mol. The summed E-state index contributed by atoms with van der Waals surface area (Å²) in [6.45, 7) is 3.87. The fourth-order valence-corrected chi connectivity index (χ4v) is 3.22. The highest BCUT2D eigenvalue weighted by molar-refractivity contribution is 5.93. The first-order chi connectivity index (χ1) is 10.6. The summed E-state index contributed by atoms with van der Waals surface area (Å²) in [5, 5.41) is 8.07. The molecule has 2 N–H and O–H groups in total. The van der Waals surface area contributed by atoms with Gasteiger partial charge in [-0.3, -0.25) is 4.79 Å². The Bertz CT molecular complexity index is 875. The van der Waals surface area contributed by atoms with E-state index in [4.69, 9.17) is 4.52 Å².